The average Bonchev–Trinajstić information content (AvgIpc) is 2.33. The second-order valence-electron chi connectivity index (χ2n) is 4.30. The Kier molecular flexibility index (Phi) is 7.21. The van der Waals surface area contributed by atoms with Gasteiger partial charge < -0.3 is 9.84 Å². The summed E-state index contributed by atoms with van der Waals surface area (Å²) < 4.78 is 77.2. The Morgan fingerprint density at radius 1 is 1.00 bits per heavy atom. The SMILES string of the molecule is C=CCCCCCCOC(=O)C([O-])(C(F)(F)F)C(F)(F)F. The van der Waals surface area contributed by atoms with Gasteiger partial charge in [-0.25, -0.2) is 0 Å². The molecule has 0 aliphatic rings. The first-order valence-electron chi connectivity index (χ1n) is 6.10. The molecule has 0 amide bonds. The highest BCUT2D eigenvalue weighted by atomic mass is 19.4. The largest absolute Gasteiger partial charge is 0.828 e. The number of unbranched alkanes of at least 4 members (excludes halogenated alkanes) is 4. The molecule has 0 aromatic heterocycles. The predicted octanol–water partition coefficient (Wildman–Crippen LogP) is 2.89. The molecule has 124 valence electrons. The van der Waals surface area contributed by atoms with Crippen LogP contribution < -0.4 is 5.11 Å². The summed E-state index contributed by atoms with van der Waals surface area (Å²) in [7, 11) is 0. The Hall–Kier alpha value is -1.25. The molecule has 0 rings (SSSR count). The molecule has 0 aromatic carbocycles. The van der Waals surface area contributed by atoms with Crippen molar-refractivity contribution in [1.82, 2.24) is 0 Å². The number of hydrogen-bond donors (Lipinski definition) is 0. The van der Waals surface area contributed by atoms with Gasteiger partial charge in [0.1, 0.15) is 0 Å². The van der Waals surface area contributed by atoms with Gasteiger partial charge >= 0.3 is 18.3 Å². The molecule has 0 heterocycles. The van der Waals surface area contributed by atoms with E-state index in [1.54, 1.807) is 6.08 Å². The number of allylic oxidation sites excluding steroid dienone is 1. The van der Waals surface area contributed by atoms with Crippen LogP contribution in [-0.2, 0) is 9.53 Å². The summed E-state index contributed by atoms with van der Waals surface area (Å²) in [4.78, 5) is 10.9. The number of alkyl halides is 6. The van der Waals surface area contributed by atoms with Crippen molar-refractivity contribution < 1.29 is 41.0 Å². The Balaban J connectivity index is 4.44. The maximum absolute atomic E-state index is 12.2. The van der Waals surface area contributed by atoms with E-state index in [9.17, 15) is 36.2 Å². The minimum atomic E-state index is -6.31. The number of esters is 1. The van der Waals surface area contributed by atoms with Crippen LogP contribution in [0.2, 0.25) is 0 Å². The molecule has 0 spiro atoms. The van der Waals surface area contributed by atoms with E-state index < -0.39 is 30.5 Å². The zero-order valence-electron chi connectivity index (χ0n) is 11.0. The number of ether oxygens (including phenoxy) is 1. The average molecular weight is 321 g/mol. The van der Waals surface area contributed by atoms with Crippen LogP contribution in [-0.4, -0.2) is 30.5 Å². The van der Waals surface area contributed by atoms with E-state index in [0.29, 0.717) is 12.8 Å². The Morgan fingerprint density at radius 2 is 1.48 bits per heavy atom. The molecule has 0 aromatic rings. The van der Waals surface area contributed by atoms with Gasteiger partial charge in [0.25, 0.3) is 0 Å². The topological polar surface area (TPSA) is 49.4 Å². The van der Waals surface area contributed by atoms with Crippen molar-refractivity contribution in [3.8, 4) is 0 Å². The van der Waals surface area contributed by atoms with Crippen molar-refractivity contribution in [3.63, 3.8) is 0 Å². The van der Waals surface area contributed by atoms with E-state index in [2.05, 4.69) is 11.3 Å². The van der Waals surface area contributed by atoms with Gasteiger partial charge in [-0.2, -0.15) is 26.3 Å². The highest BCUT2D eigenvalue weighted by Crippen LogP contribution is 2.41. The Bertz CT molecular complexity index is 334. The second kappa shape index (κ2) is 7.67. The first-order chi connectivity index (χ1) is 9.48. The van der Waals surface area contributed by atoms with E-state index in [1.807, 2.05) is 0 Å². The molecule has 0 aliphatic heterocycles. The van der Waals surface area contributed by atoms with Gasteiger partial charge in [0, 0.05) is 0 Å². The molecule has 0 aliphatic carbocycles. The van der Waals surface area contributed by atoms with Crippen molar-refractivity contribution in [2.45, 2.75) is 50.1 Å². The van der Waals surface area contributed by atoms with Gasteiger partial charge in [-0.1, -0.05) is 18.9 Å². The predicted molar refractivity (Wildman–Crippen MR) is 59.1 cm³/mol. The molecular formula is C12H15F6O3-. The second-order valence-corrected chi connectivity index (χ2v) is 4.30. The van der Waals surface area contributed by atoms with Crippen molar-refractivity contribution in [2.75, 3.05) is 6.61 Å². The Labute approximate surface area is 117 Å². The number of halogens is 6. The lowest BCUT2D eigenvalue weighted by atomic mass is 10.0. The first kappa shape index (κ1) is 19.8. The highest BCUT2D eigenvalue weighted by molar-refractivity contribution is 5.81. The van der Waals surface area contributed by atoms with Crippen LogP contribution in [0.25, 0.3) is 0 Å². The highest BCUT2D eigenvalue weighted by Gasteiger charge is 2.68. The van der Waals surface area contributed by atoms with Crippen molar-refractivity contribution in [1.29, 1.82) is 0 Å². The van der Waals surface area contributed by atoms with Gasteiger partial charge in [-0.15, -0.1) is 6.58 Å². The number of carbonyl (C=O) groups excluding carboxylic acids is 1. The van der Waals surface area contributed by atoms with Gasteiger partial charge in [-0.05, 0) is 19.3 Å². The van der Waals surface area contributed by atoms with Crippen molar-refractivity contribution in [2.24, 2.45) is 0 Å². The van der Waals surface area contributed by atoms with E-state index in [4.69, 9.17) is 0 Å². The van der Waals surface area contributed by atoms with E-state index in [1.165, 1.54) is 0 Å². The van der Waals surface area contributed by atoms with Crippen LogP contribution in [0.4, 0.5) is 26.3 Å². The fourth-order valence-corrected chi connectivity index (χ4v) is 1.40. The number of hydrogen-bond acceptors (Lipinski definition) is 3. The first-order valence-corrected chi connectivity index (χ1v) is 6.10. The number of carbonyl (C=O) groups is 1. The molecule has 0 bridgehead atoms. The summed E-state index contributed by atoms with van der Waals surface area (Å²) in [6.07, 6.45) is -8.29. The lowest BCUT2D eigenvalue weighted by Crippen LogP contribution is -2.71. The minimum absolute atomic E-state index is 0.0781. The van der Waals surface area contributed by atoms with Crippen LogP contribution in [0.5, 0.6) is 0 Å². The van der Waals surface area contributed by atoms with Crippen LogP contribution in [0.1, 0.15) is 32.1 Å². The molecule has 0 fully saturated rings. The molecule has 0 saturated carbocycles. The quantitative estimate of drug-likeness (QED) is 0.299. The summed E-state index contributed by atoms with van der Waals surface area (Å²) in [6, 6.07) is 0. The molecular weight excluding hydrogens is 306 g/mol. The molecule has 0 N–H and O–H groups in total. The van der Waals surface area contributed by atoms with E-state index in [-0.39, 0.29) is 6.42 Å². The summed E-state index contributed by atoms with van der Waals surface area (Å²) in [6.45, 7) is 2.81. The molecule has 0 radical (unpaired) electrons. The van der Waals surface area contributed by atoms with Crippen molar-refractivity contribution in [3.05, 3.63) is 12.7 Å². The fourth-order valence-electron chi connectivity index (χ4n) is 1.40. The maximum atomic E-state index is 12.2. The van der Waals surface area contributed by atoms with Crippen LogP contribution in [0.3, 0.4) is 0 Å². The molecule has 0 unspecified atom stereocenters. The third-order valence-electron chi connectivity index (χ3n) is 2.62. The summed E-state index contributed by atoms with van der Waals surface area (Å²) in [5.74, 6) is -2.87. The van der Waals surface area contributed by atoms with Crippen LogP contribution >= 0.6 is 0 Å². The third kappa shape index (κ3) is 5.22. The zero-order chi connectivity index (χ0) is 16.7. The monoisotopic (exact) mass is 321 g/mol. The summed E-state index contributed by atoms with van der Waals surface area (Å²) >= 11 is 0. The smallest absolute Gasteiger partial charge is 0.399 e. The molecule has 21 heavy (non-hydrogen) atoms. The fraction of sp³-hybridized carbons (Fsp3) is 0.750. The van der Waals surface area contributed by atoms with E-state index in [0.717, 1.165) is 12.8 Å². The van der Waals surface area contributed by atoms with Gasteiger partial charge in [0.05, 0.1) is 6.61 Å². The molecule has 0 saturated heterocycles. The lowest BCUT2D eigenvalue weighted by molar-refractivity contribution is -0.574. The van der Waals surface area contributed by atoms with E-state index >= 15 is 0 Å². The summed E-state index contributed by atoms with van der Waals surface area (Å²) in [5.41, 5.74) is -5.75. The van der Waals surface area contributed by atoms with Crippen LogP contribution in [0, 0.1) is 0 Å². The minimum Gasteiger partial charge on any atom is -0.828 e. The van der Waals surface area contributed by atoms with Gasteiger partial charge in [0.2, 0.25) is 0 Å². The number of rotatable bonds is 8. The maximum Gasteiger partial charge on any atom is 0.399 e. The third-order valence-corrected chi connectivity index (χ3v) is 2.62. The van der Waals surface area contributed by atoms with Crippen LogP contribution in [0.15, 0.2) is 12.7 Å². The lowest BCUT2D eigenvalue weighted by Gasteiger charge is -2.40. The Morgan fingerprint density at radius 3 is 1.90 bits per heavy atom. The van der Waals surface area contributed by atoms with Crippen molar-refractivity contribution >= 4 is 5.97 Å². The normalized spacial score (nSPS) is 13.1. The molecule has 9 heteroatoms. The van der Waals surface area contributed by atoms with Gasteiger partial charge in [0.15, 0.2) is 5.60 Å². The molecule has 3 nitrogen and oxygen atoms in total. The molecule has 0 atom stereocenters. The van der Waals surface area contributed by atoms with Gasteiger partial charge in [-0.3, -0.25) is 4.79 Å². The zero-order valence-corrected chi connectivity index (χ0v) is 11.0. The summed E-state index contributed by atoms with van der Waals surface area (Å²) in [5, 5.41) is 10.9. The standard InChI is InChI=1S/C12H15F6O3/c1-2-3-4-5-6-7-8-21-9(19)10(20,11(13,14)15)12(16,17)18/h2H,1,3-8H2/q-1.